The molecule has 6 nitrogen and oxygen atoms in total. The zero-order valence-electron chi connectivity index (χ0n) is 16.1. The summed E-state index contributed by atoms with van der Waals surface area (Å²) in [6.07, 6.45) is 7.48. The Balaban J connectivity index is 1.42. The molecule has 0 unspecified atom stereocenters. The highest BCUT2D eigenvalue weighted by atomic mass is 19.1. The number of carbonyl (C=O) groups excluding carboxylic acids is 1. The lowest BCUT2D eigenvalue weighted by atomic mass is 9.92. The van der Waals surface area contributed by atoms with Gasteiger partial charge in [-0.1, -0.05) is 13.3 Å². The first-order chi connectivity index (χ1) is 13.6. The smallest absolute Gasteiger partial charge is 0.316 e. The zero-order chi connectivity index (χ0) is 19.8. The third-order valence-corrected chi connectivity index (χ3v) is 4.76. The third-order valence-electron chi connectivity index (χ3n) is 4.76. The van der Waals surface area contributed by atoms with Crippen LogP contribution in [-0.4, -0.2) is 34.6 Å². The van der Waals surface area contributed by atoms with Gasteiger partial charge in [0.15, 0.2) is 5.82 Å². The van der Waals surface area contributed by atoms with Gasteiger partial charge in [0.05, 0.1) is 19.0 Å². The topological polar surface area (TPSA) is 73.3 Å². The van der Waals surface area contributed by atoms with Crippen LogP contribution >= 0.6 is 0 Å². The van der Waals surface area contributed by atoms with Crippen LogP contribution in [0.4, 0.5) is 4.39 Å². The Morgan fingerprint density at radius 3 is 2.46 bits per heavy atom. The second-order valence-electron chi connectivity index (χ2n) is 6.98. The van der Waals surface area contributed by atoms with Crippen LogP contribution in [0.5, 0.6) is 11.8 Å². The lowest BCUT2D eigenvalue weighted by Gasteiger charge is -2.28. The molecule has 2 aromatic rings. The maximum absolute atomic E-state index is 12.8. The molecular formula is C21H26FN3O3. The number of unbranched alkanes of at least 4 members (excludes halogenated alkanes) is 1. The Hall–Kier alpha value is -2.70. The Morgan fingerprint density at radius 1 is 1.14 bits per heavy atom. The van der Waals surface area contributed by atoms with Crippen LogP contribution in [0, 0.1) is 5.82 Å². The molecular weight excluding hydrogens is 361 g/mol. The number of ether oxygens (including phenoxy) is 2. The van der Waals surface area contributed by atoms with Crippen molar-refractivity contribution < 1.29 is 18.7 Å². The number of amides is 1. The first kappa shape index (κ1) is 20.0. The van der Waals surface area contributed by atoms with Crippen molar-refractivity contribution >= 4 is 5.91 Å². The average molecular weight is 387 g/mol. The second-order valence-corrected chi connectivity index (χ2v) is 6.98. The summed E-state index contributed by atoms with van der Waals surface area (Å²) in [5, 5.41) is 3.08. The highest BCUT2D eigenvalue weighted by Crippen LogP contribution is 2.22. The number of aromatic nitrogens is 2. The van der Waals surface area contributed by atoms with Crippen molar-refractivity contribution in [2.24, 2.45) is 0 Å². The number of hydrogen-bond acceptors (Lipinski definition) is 5. The molecule has 0 bridgehead atoms. The molecule has 7 heteroatoms. The lowest BCUT2D eigenvalue weighted by molar-refractivity contribution is 0.0885. The minimum absolute atomic E-state index is 0.0156. The number of nitrogens with zero attached hydrogens (tertiary/aromatic N) is 2. The van der Waals surface area contributed by atoms with E-state index in [4.69, 9.17) is 9.47 Å². The third kappa shape index (κ3) is 5.90. The molecule has 1 aromatic carbocycles. The van der Waals surface area contributed by atoms with Gasteiger partial charge in [-0.2, -0.15) is 0 Å². The molecule has 3 rings (SSSR count). The number of carbonyl (C=O) groups is 1. The van der Waals surface area contributed by atoms with E-state index in [1.165, 1.54) is 0 Å². The maximum atomic E-state index is 12.8. The van der Waals surface area contributed by atoms with Crippen molar-refractivity contribution in [2.45, 2.75) is 57.6 Å². The molecule has 1 saturated carbocycles. The summed E-state index contributed by atoms with van der Waals surface area (Å²) in [5.41, 5.74) is 0.626. The molecule has 1 aromatic heterocycles. The molecule has 1 heterocycles. The first-order valence-electron chi connectivity index (χ1n) is 9.82. The fourth-order valence-corrected chi connectivity index (χ4v) is 3.14. The number of hydrogen-bond donors (Lipinski definition) is 1. The average Bonchev–Trinajstić information content (AvgIpc) is 2.72. The van der Waals surface area contributed by atoms with Gasteiger partial charge in [0.25, 0.3) is 5.91 Å². The summed E-state index contributed by atoms with van der Waals surface area (Å²) in [4.78, 5) is 20.1. The van der Waals surface area contributed by atoms with Crippen LogP contribution in [0.1, 0.15) is 55.8 Å². The summed E-state index contributed by atoms with van der Waals surface area (Å²) in [5.74, 6) is 0.219. The van der Waals surface area contributed by atoms with E-state index >= 15 is 0 Å². The van der Waals surface area contributed by atoms with Gasteiger partial charge in [0.1, 0.15) is 11.9 Å². The number of nitrogens with one attached hydrogen (secondary N) is 1. The van der Waals surface area contributed by atoms with Crippen LogP contribution in [0.15, 0.2) is 36.7 Å². The molecule has 0 radical (unpaired) electrons. The van der Waals surface area contributed by atoms with Crippen LogP contribution in [-0.2, 0) is 0 Å². The van der Waals surface area contributed by atoms with Crippen molar-refractivity contribution in [1.82, 2.24) is 15.3 Å². The SMILES string of the molecule is CCCCOc1ccc(C(=O)NC2CCC(Oc3ncc(F)cn3)CC2)cc1. The van der Waals surface area contributed by atoms with Crippen LogP contribution in [0.3, 0.4) is 0 Å². The molecule has 150 valence electrons. The van der Waals surface area contributed by atoms with Crippen LogP contribution in [0.25, 0.3) is 0 Å². The monoisotopic (exact) mass is 387 g/mol. The molecule has 1 aliphatic rings. The molecule has 1 N–H and O–H groups in total. The molecule has 0 aliphatic heterocycles. The summed E-state index contributed by atoms with van der Waals surface area (Å²) in [7, 11) is 0. The Morgan fingerprint density at radius 2 is 1.82 bits per heavy atom. The van der Waals surface area contributed by atoms with Gasteiger partial charge in [0, 0.05) is 11.6 Å². The van der Waals surface area contributed by atoms with Gasteiger partial charge in [-0.3, -0.25) is 4.79 Å². The molecule has 28 heavy (non-hydrogen) atoms. The molecule has 0 spiro atoms. The molecule has 1 fully saturated rings. The normalized spacial score (nSPS) is 19.1. The predicted octanol–water partition coefficient (Wildman–Crippen LogP) is 3.91. The highest BCUT2D eigenvalue weighted by Gasteiger charge is 2.24. The van der Waals surface area contributed by atoms with E-state index in [0.717, 1.165) is 56.7 Å². The van der Waals surface area contributed by atoms with Gasteiger partial charge >= 0.3 is 6.01 Å². The quantitative estimate of drug-likeness (QED) is 0.695. The molecule has 0 saturated heterocycles. The van der Waals surface area contributed by atoms with E-state index in [-0.39, 0.29) is 24.1 Å². The van der Waals surface area contributed by atoms with Crippen molar-refractivity contribution in [3.05, 3.63) is 48.0 Å². The summed E-state index contributed by atoms with van der Waals surface area (Å²) in [6, 6.07) is 7.54. The van der Waals surface area contributed by atoms with Crippen molar-refractivity contribution in [3.63, 3.8) is 0 Å². The van der Waals surface area contributed by atoms with Crippen LogP contribution < -0.4 is 14.8 Å². The van der Waals surface area contributed by atoms with Crippen LogP contribution in [0.2, 0.25) is 0 Å². The summed E-state index contributed by atoms with van der Waals surface area (Å²) in [6.45, 7) is 2.81. The molecule has 1 aliphatic carbocycles. The summed E-state index contributed by atoms with van der Waals surface area (Å²) >= 11 is 0. The fourth-order valence-electron chi connectivity index (χ4n) is 3.14. The second kappa shape index (κ2) is 10.0. The van der Waals surface area contributed by atoms with E-state index in [1.807, 2.05) is 12.1 Å². The van der Waals surface area contributed by atoms with E-state index < -0.39 is 5.82 Å². The number of rotatable bonds is 8. The van der Waals surface area contributed by atoms with Gasteiger partial charge in [-0.15, -0.1) is 0 Å². The van der Waals surface area contributed by atoms with Crippen molar-refractivity contribution in [2.75, 3.05) is 6.61 Å². The largest absolute Gasteiger partial charge is 0.494 e. The summed E-state index contributed by atoms with van der Waals surface area (Å²) < 4.78 is 24.1. The lowest BCUT2D eigenvalue weighted by Crippen LogP contribution is -2.39. The number of halogens is 1. The van der Waals surface area contributed by atoms with E-state index in [9.17, 15) is 9.18 Å². The number of benzene rings is 1. The molecule has 0 atom stereocenters. The highest BCUT2D eigenvalue weighted by molar-refractivity contribution is 5.94. The van der Waals surface area contributed by atoms with Gasteiger partial charge in [-0.25, -0.2) is 14.4 Å². The van der Waals surface area contributed by atoms with Gasteiger partial charge in [0.2, 0.25) is 0 Å². The van der Waals surface area contributed by atoms with Gasteiger partial charge < -0.3 is 14.8 Å². The fraction of sp³-hybridized carbons (Fsp3) is 0.476. The van der Waals surface area contributed by atoms with E-state index in [1.54, 1.807) is 12.1 Å². The molecule has 1 amide bonds. The zero-order valence-corrected chi connectivity index (χ0v) is 16.1. The van der Waals surface area contributed by atoms with E-state index in [2.05, 4.69) is 22.2 Å². The Bertz CT molecular complexity index is 744. The Kier molecular flexibility index (Phi) is 7.17. The van der Waals surface area contributed by atoms with Crippen molar-refractivity contribution in [3.8, 4) is 11.8 Å². The Labute approximate surface area is 164 Å². The van der Waals surface area contributed by atoms with E-state index in [0.29, 0.717) is 12.2 Å². The minimum Gasteiger partial charge on any atom is -0.494 e. The first-order valence-corrected chi connectivity index (χ1v) is 9.82. The van der Waals surface area contributed by atoms with Crippen molar-refractivity contribution in [1.29, 1.82) is 0 Å². The predicted molar refractivity (Wildman–Crippen MR) is 103 cm³/mol. The minimum atomic E-state index is -0.487. The maximum Gasteiger partial charge on any atom is 0.316 e. The standard InChI is InChI=1S/C21H26FN3O3/c1-2-3-12-27-18-8-4-15(5-9-18)20(26)25-17-6-10-19(11-7-17)28-21-23-13-16(22)14-24-21/h4-5,8-9,13-14,17,19H,2-3,6-7,10-12H2,1H3,(H,25,26). The van der Waals surface area contributed by atoms with Gasteiger partial charge in [-0.05, 0) is 56.4 Å².